The summed E-state index contributed by atoms with van der Waals surface area (Å²) in [5.41, 5.74) is 7.09. The molecule has 0 bridgehead atoms. The first-order valence-corrected chi connectivity index (χ1v) is 9.99. The standard InChI is InChI=1S/C18H26N4O3S/c1-11(23)20-12-5-4-8-22(9-12)10-15(24)21-18-16(17(19)25)13-6-2-3-7-14(13)26-18/h12H,2-10H2,1H3,(H2,19,25)(H,20,23)(H,21,24). The number of carbonyl (C=O) groups is 3. The molecule has 1 saturated heterocycles. The number of thiophene rings is 1. The quantitative estimate of drug-likeness (QED) is 0.717. The molecule has 2 heterocycles. The molecule has 4 N–H and O–H groups in total. The number of anilines is 1. The predicted octanol–water partition coefficient (Wildman–Crippen LogP) is 1.26. The van der Waals surface area contributed by atoms with E-state index in [4.69, 9.17) is 5.73 Å². The zero-order chi connectivity index (χ0) is 18.7. The van der Waals surface area contributed by atoms with Gasteiger partial charge in [-0.2, -0.15) is 0 Å². The Morgan fingerprint density at radius 3 is 2.73 bits per heavy atom. The van der Waals surface area contributed by atoms with Crippen LogP contribution in [0.5, 0.6) is 0 Å². The van der Waals surface area contributed by atoms with Gasteiger partial charge in [0.2, 0.25) is 11.8 Å². The van der Waals surface area contributed by atoms with Crippen LogP contribution < -0.4 is 16.4 Å². The number of rotatable bonds is 5. The Bertz CT molecular complexity index is 716. The Morgan fingerprint density at radius 1 is 1.23 bits per heavy atom. The van der Waals surface area contributed by atoms with E-state index in [1.165, 1.54) is 23.1 Å². The summed E-state index contributed by atoms with van der Waals surface area (Å²) in [6.45, 7) is 3.25. The first kappa shape index (κ1) is 18.8. The Hall–Kier alpha value is -1.93. The lowest BCUT2D eigenvalue weighted by Gasteiger charge is -2.32. The maximum Gasteiger partial charge on any atom is 0.251 e. The Kier molecular flexibility index (Phi) is 5.93. The topological polar surface area (TPSA) is 105 Å². The van der Waals surface area contributed by atoms with E-state index in [2.05, 4.69) is 10.6 Å². The SMILES string of the molecule is CC(=O)NC1CCCN(CC(=O)Nc2sc3c(c2C(N)=O)CCCC3)C1. The van der Waals surface area contributed by atoms with Crippen LogP contribution in [0.1, 0.15) is 53.4 Å². The number of carbonyl (C=O) groups excluding carboxylic acids is 3. The molecule has 0 aromatic carbocycles. The molecule has 0 spiro atoms. The molecule has 2 aliphatic rings. The van der Waals surface area contributed by atoms with E-state index in [0.29, 0.717) is 17.1 Å². The average molecular weight is 378 g/mol. The third-order valence-corrected chi connectivity index (χ3v) is 6.16. The van der Waals surface area contributed by atoms with Gasteiger partial charge >= 0.3 is 0 Å². The molecular weight excluding hydrogens is 352 g/mol. The number of amides is 3. The van der Waals surface area contributed by atoms with Crippen LogP contribution in [0.4, 0.5) is 5.00 Å². The molecule has 3 amide bonds. The number of nitrogens with zero attached hydrogens (tertiary/aromatic N) is 1. The Balaban J connectivity index is 1.64. The van der Waals surface area contributed by atoms with Crippen LogP contribution in [0.15, 0.2) is 0 Å². The fourth-order valence-electron chi connectivity index (χ4n) is 3.89. The van der Waals surface area contributed by atoms with Crippen LogP contribution in [-0.2, 0) is 22.4 Å². The molecule has 26 heavy (non-hydrogen) atoms. The molecule has 0 radical (unpaired) electrons. The Morgan fingerprint density at radius 2 is 2.00 bits per heavy atom. The molecule has 1 atom stereocenters. The largest absolute Gasteiger partial charge is 0.365 e. The molecule has 1 aromatic heterocycles. The van der Waals surface area contributed by atoms with Crippen LogP contribution in [0.3, 0.4) is 0 Å². The second-order valence-electron chi connectivity index (χ2n) is 7.10. The van der Waals surface area contributed by atoms with E-state index in [-0.39, 0.29) is 24.4 Å². The van der Waals surface area contributed by atoms with Crippen molar-refractivity contribution in [3.63, 3.8) is 0 Å². The predicted molar refractivity (Wildman–Crippen MR) is 101 cm³/mol. The fraction of sp³-hybridized carbons (Fsp3) is 0.611. The molecule has 1 fully saturated rings. The van der Waals surface area contributed by atoms with Gasteiger partial charge in [-0.05, 0) is 50.6 Å². The van der Waals surface area contributed by atoms with E-state index in [0.717, 1.165) is 50.6 Å². The van der Waals surface area contributed by atoms with Crippen LogP contribution in [0, 0.1) is 0 Å². The lowest BCUT2D eigenvalue weighted by molar-refractivity contribution is -0.120. The van der Waals surface area contributed by atoms with Gasteiger partial charge in [0.05, 0.1) is 12.1 Å². The van der Waals surface area contributed by atoms with Gasteiger partial charge in [0.15, 0.2) is 0 Å². The summed E-state index contributed by atoms with van der Waals surface area (Å²) < 4.78 is 0. The number of primary amides is 1. The third-order valence-electron chi connectivity index (χ3n) is 4.95. The van der Waals surface area contributed by atoms with Crippen molar-refractivity contribution >= 4 is 34.1 Å². The maximum atomic E-state index is 12.5. The number of nitrogens with two attached hydrogens (primary N) is 1. The fourth-order valence-corrected chi connectivity index (χ4v) is 5.20. The molecule has 1 aliphatic heterocycles. The molecule has 8 heteroatoms. The zero-order valence-corrected chi connectivity index (χ0v) is 15.9. The normalized spacial score (nSPS) is 20.3. The maximum absolute atomic E-state index is 12.5. The van der Waals surface area contributed by atoms with Crippen molar-refractivity contribution in [1.29, 1.82) is 0 Å². The van der Waals surface area contributed by atoms with Crippen molar-refractivity contribution in [1.82, 2.24) is 10.2 Å². The number of aryl methyl sites for hydroxylation is 1. The van der Waals surface area contributed by atoms with Gasteiger partial charge in [0, 0.05) is 24.4 Å². The minimum absolute atomic E-state index is 0.0448. The Labute approximate surface area is 157 Å². The summed E-state index contributed by atoms with van der Waals surface area (Å²) in [6.07, 6.45) is 5.83. The van der Waals surface area contributed by atoms with E-state index in [1.807, 2.05) is 4.90 Å². The number of likely N-dealkylation sites (tertiary alicyclic amines) is 1. The molecule has 142 valence electrons. The number of hydrogen-bond acceptors (Lipinski definition) is 5. The van der Waals surface area contributed by atoms with Gasteiger partial charge in [-0.15, -0.1) is 11.3 Å². The van der Waals surface area contributed by atoms with Crippen molar-refractivity contribution in [2.24, 2.45) is 5.73 Å². The highest BCUT2D eigenvalue weighted by molar-refractivity contribution is 7.17. The number of nitrogens with one attached hydrogen (secondary N) is 2. The molecule has 1 aromatic rings. The summed E-state index contributed by atoms with van der Waals surface area (Å²) in [4.78, 5) is 38.8. The van der Waals surface area contributed by atoms with E-state index in [9.17, 15) is 14.4 Å². The van der Waals surface area contributed by atoms with Crippen molar-refractivity contribution in [3.05, 3.63) is 16.0 Å². The van der Waals surface area contributed by atoms with E-state index in [1.54, 1.807) is 0 Å². The summed E-state index contributed by atoms with van der Waals surface area (Å²) in [7, 11) is 0. The van der Waals surface area contributed by atoms with Gasteiger partial charge in [-0.25, -0.2) is 0 Å². The highest BCUT2D eigenvalue weighted by Crippen LogP contribution is 2.37. The average Bonchev–Trinajstić information content (AvgIpc) is 2.92. The lowest BCUT2D eigenvalue weighted by Crippen LogP contribution is -2.49. The van der Waals surface area contributed by atoms with E-state index < -0.39 is 5.91 Å². The monoisotopic (exact) mass is 378 g/mol. The summed E-state index contributed by atoms with van der Waals surface area (Å²) in [5, 5.41) is 6.41. The smallest absolute Gasteiger partial charge is 0.251 e. The van der Waals surface area contributed by atoms with Gasteiger partial charge in [-0.3, -0.25) is 19.3 Å². The molecule has 3 rings (SSSR count). The van der Waals surface area contributed by atoms with Crippen LogP contribution >= 0.6 is 11.3 Å². The van der Waals surface area contributed by atoms with Gasteiger partial charge < -0.3 is 16.4 Å². The third kappa shape index (κ3) is 4.42. The first-order valence-electron chi connectivity index (χ1n) is 9.17. The summed E-state index contributed by atoms with van der Waals surface area (Å²) in [5.74, 6) is -0.658. The first-order chi connectivity index (χ1) is 12.4. The summed E-state index contributed by atoms with van der Waals surface area (Å²) in [6, 6.07) is 0.0873. The van der Waals surface area contributed by atoms with Crippen molar-refractivity contribution in [2.45, 2.75) is 51.5 Å². The highest BCUT2D eigenvalue weighted by atomic mass is 32.1. The van der Waals surface area contributed by atoms with Crippen LogP contribution in [0.25, 0.3) is 0 Å². The zero-order valence-electron chi connectivity index (χ0n) is 15.1. The van der Waals surface area contributed by atoms with Crippen LogP contribution in [0.2, 0.25) is 0 Å². The van der Waals surface area contributed by atoms with E-state index >= 15 is 0 Å². The molecule has 1 aliphatic carbocycles. The second kappa shape index (κ2) is 8.18. The van der Waals surface area contributed by atoms with Crippen molar-refractivity contribution in [3.8, 4) is 0 Å². The van der Waals surface area contributed by atoms with Crippen LogP contribution in [-0.4, -0.2) is 48.3 Å². The molecule has 1 unspecified atom stereocenters. The van der Waals surface area contributed by atoms with Gasteiger partial charge in [0.1, 0.15) is 5.00 Å². The number of fused-ring (bicyclic) bond motifs is 1. The van der Waals surface area contributed by atoms with Gasteiger partial charge in [0.25, 0.3) is 5.91 Å². The molecular formula is C18H26N4O3S. The number of piperidine rings is 1. The lowest BCUT2D eigenvalue weighted by atomic mass is 9.95. The van der Waals surface area contributed by atoms with Crippen molar-refractivity contribution in [2.75, 3.05) is 25.0 Å². The van der Waals surface area contributed by atoms with Crippen molar-refractivity contribution < 1.29 is 14.4 Å². The van der Waals surface area contributed by atoms with Gasteiger partial charge in [-0.1, -0.05) is 0 Å². The molecule has 7 nitrogen and oxygen atoms in total. The minimum Gasteiger partial charge on any atom is -0.365 e. The minimum atomic E-state index is -0.469. The second-order valence-corrected chi connectivity index (χ2v) is 8.21. The highest BCUT2D eigenvalue weighted by Gasteiger charge is 2.26. The molecule has 0 saturated carbocycles. The number of hydrogen-bond donors (Lipinski definition) is 3. The summed E-state index contributed by atoms with van der Waals surface area (Å²) >= 11 is 1.48.